The second kappa shape index (κ2) is 4.76. The average molecular weight is 287 g/mol. The normalized spacial score (nSPS) is 15.6. The Kier molecular flexibility index (Phi) is 3.06. The molecule has 4 nitrogen and oxygen atoms in total. The number of fused-ring (bicyclic) bond motifs is 1. The standard InChI is InChI=1S/C15H13NO3S/c1-11-4-2-6-14-15(11)12(10-20(14,17)18)9-19-13-5-3-7-16-8-13/h2-8,10H,9H2,1H3. The number of rotatable bonds is 3. The fourth-order valence-electron chi connectivity index (χ4n) is 2.30. The Morgan fingerprint density at radius 1 is 1.20 bits per heavy atom. The van der Waals surface area contributed by atoms with Gasteiger partial charge in [-0.2, -0.15) is 0 Å². The van der Waals surface area contributed by atoms with E-state index < -0.39 is 9.84 Å². The van der Waals surface area contributed by atoms with E-state index in [1.54, 1.807) is 36.7 Å². The Balaban J connectivity index is 1.93. The van der Waals surface area contributed by atoms with Crippen LogP contribution >= 0.6 is 0 Å². The summed E-state index contributed by atoms with van der Waals surface area (Å²) < 4.78 is 29.8. The number of nitrogens with zero attached hydrogens (tertiary/aromatic N) is 1. The molecule has 0 aliphatic carbocycles. The van der Waals surface area contributed by atoms with Crippen molar-refractivity contribution in [2.45, 2.75) is 11.8 Å². The molecule has 0 saturated heterocycles. The second-order valence-electron chi connectivity index (χ2n) is 4.61. The minimum atomic E-state index is -3.34. The van der Waals surface area contributed by atoms with Crippen LogP contribution in [0.3, 0.4) is 0 Å². The van der Waals surface area contributed by atoms with Crippen molar-refractivity contribution < 1.29 is 13.2 Å². The summed E-state index contributed by atoms with van der Waals surface area (Å²) >= 11 is 0. The molecule has 2 heterocycles. The van der Waals surface area contributed by atoms with Gasteiger partial charge in [-0.15, -0.1) is 0 Å². The predicted octanol–water partition coefficient (Wildman–Crippen LogP) is 2.60. The van der Waals surface area contributed by atoms with Crippen LogP contribution < -0.4 is 4.74 Å². The summed E-state index contributed by atoms with van der Waals surface area (Å²) in [7, 11) is -3.34. The molecule has 0 atom stereocenters. The van der Waals surface area contributed by atoms with Gasteiger partial charge < -0.3 is 4.74 Å². The number of benzene rings is 1. The lowest BCUT2D eigenvalue weighted by molar-refractivity contribution is 0.368. The largest absolute Gasteiger partial charge is 0.487 e. The van der Waals surface area contributed by atoms with Gasteiger partial charge in [0, 0.05) is 22.7 Å². The smallest absolute Gasteiger partial charge is 0.200 e. The van der Waals surface area contributed by atoms with Crippen LogP contribution in [-0.4, -0.2) is 20.0 Å². The third kappa shape index (κ3) is 2.20. The van der Waals surface area contributed by atoms with Gasteiger partial charge in [0.25, 0.3) is 0 Å². The van der Waals surface area contributed by atoms with Crippen molar-refractivity contribution in [2.75, 3.05) is 6.61 Å². The van der Waals surface area contributed by atoms with Gasteiger partial charge >= 0.3 is 0 Å². The monoisotopic (exact) mass is 287 g/mol. The highest BCUT2D eigenvalue weighted by Gasteiger charge is 2.28. The highest BCUT2D eigenvalue weighted by Crippen LogP contribution is 2.35. The molecule has 0 radical (unpaired) electrons. The molecule has 0 unspecified atom stereocenters. The summed E-state index contributed by atoms with van der Waals surface area (Å²) in [6, 6.07) is 8.84. The number of aromatic nitrogens is 1. The number of ether oxygens (including phenoxy) is 1. The number of hydrogen-bond acceptors (Lipinski definition) is 4. The van der Waals surface area contributed by atoms with Gasteiger partial charge in [0.15, 0.2) is 0 Å². The van der Waals surface area contributed by atoms with Gasteiger partial charge in [0.1, 0.15) is 12.4 Å². The van der Waals surface area contributed by atoms with Crippen molar-refractivity contribution in [3.05, 3.63) is 59.3 Å². The van der Waals surface area contributed by atoms with Gasteiger partial charge in [-0.05, 0) is 30.7 Å². The zero-order valence-corrected chi connectivity index (χ0v) is 11.7. The number of sulfone groups is 1. The van der Waals surface area contributed by atoms with Crippen LogP contribution in [0.15, 0.2) is 53.0 Å². The fourth-order valence-corrected chi connectivity index (χ4v) is 3.83. The summed E-state index contributed by atoms with van der Waals surface area (Å²) in [5.41, 5.74) is 2.38. The summed E-state index contributed by atoms with van der Waals surface area (Å²) in [5, 5.41) is 1.29. The van der Waals surface area contributed by atoms with Crippen LogP contribution in [0.25, 0.3) is 5.57 Å². The Morgan fingerprint density at radius 2 is 2.05 bits per heavy atom. The van der Waals surface area contributed by atoms with Crippen molar-refractivity contribution in [3.63, 3.8) is 0 Å². The minimum Gasteiger partial charge on any atom is -0.487 e. The highest BCUT2D eigenvalue weighted by atomic mass is 32.2. The maximum absolute atomic E-state index is 12.1. The minimum absolute atomic E-state index is 0.211. The fraction of sp³-hybridized carbons (Fsp3) is 0.133. The molecular formula is C15H13NO3S. The van der Waals surface area contributed by atoms with Crippen LogP contribution in [0, 0.1) is 6.92 Å². The first kappa shape index (κ1) is 12.9. The number of pyridine rings is 1. The van der Waals surface area contributed by atoms with Gasteiger partial charge in [0.05, 0.1) is 11.1 Å². The molecule has 0 bridgehead atoms. The van der Waals surface area contributed by atoms with Gasteiger partial charge in [-0.25, -0.2) is 8.42 Å². The molecule has 1 aromatic heterocycles. The lowest BCUT2D eigenvalue weighted by Crippen LogP contribution is -2.01. The lowest BCUT2D eigenvalue weighted by Gasteiger charge is -2.09. The molecule has 1 aliphatic heterocycles. The maximum Gasteiger partial charge on any atom is 0.200 e. The molecule has 1 aromatic carbocycles. The molecule has 0 spiro atoms. The Morgan fingerprint density at radius 3 is 2.80 bits per heavy atom. The molecule has 1 aliphatic rings. The van der Waals surface area contributed by atoms with Gasteiger partial charge in [-0.3, -0.25) is 4.98 Å². The number of aryl methyl sites for hydroxylation is 1. The van der Waals surface area contributed by atoms with Crippen molar-refractivity contribution >= 4 is 15.4 Å². The van der Waals surface area contributed by atoms with E-state index in [0.29, 0.717) is 16.2 Å². The summed E-state index contributed by atoms with van der Waals surface area (Å²) in [4.78, 5) is 4.32. The molecule has 5 heteroatoms. The molecule has 102 valence electrons. The summed E-state index contributed by atoms with van der Waals surface area (Å²) in [5.74, 6) is 0.618. The zero-order valence-electron chi connectivity index (χ0n) is 10.9. The molecule has 0 fully saturated rings. The first-order valence-corrected chi connectivity index (χ1v) is 7.71. The summed E-state index contributed by atoms with van der Waals surface area (Å²) in [6.07, 6.45) is 3.26. The third-order valence-electron chi connectivity index (χ3n) is 3.19. The number of hydrogen-bond donors (Lipinski definition) is 0. The van der Waals surface area contributed by atoms with Crippen LogP contribution in [0.1, 0.15) is 11.1 Å². The molecule has 0 amide bonds. The van der Waals surface area contributed by atoms with Crippen LogP contribution in [0.2, 0.25) is 0 Å². The van der Waals surface area contributed by atoms with E-state index >= 15 is 0 Å². The van der Waals surface area contributed by atoms with Crippen LogP contribution in [-0.2, 0) is 9.84 Å². The SMILES string of the molecule is Cc1cccc2c1C(COc1cccnc1)=CS2(=O)=O. The van der Waals surface area contributed by atoms with E-state index in [0.717, 1.165) is 11.1 Å². The predicted molar refractivity (Wildman–Crippen MR) is 76.1 cm³/mol. The van der Waals surface area contributed by atoms with Crippen molar-refractivity contribution in [1.82, 2.24) is 4.98 Å². The Labute approximate surface area is 117 Å². The van der Waals surface area contributed by atoms with E-state index in [-0.39, 0.29) is 6.61 Å². The first-order chi connectivity index (χ1) is 9.58. The zero-order chi connectivity index (χ0) is 14.2. The van der Waals surface area contributed by atoms with E-state index in [4.69, 9.17) is 4.74 Å². The molecule has 2 aromatic rings. The topological polar surface area (TPSA) is 56.3 Å². The third-order valence-corrected chi connectivity index (χ3v) is 4.74. The van der Waals surface area contributed by atoms with Gasteiger partial charge in [-0.1, -0.05) is 12.1 Å². The molecule has 0 saturated carbocycles. The van der Waals surface area contributed by atoms with E-state index in [1.807, 2.05) is 13.0 Å². The van der Waals surface area contributed by atoms with Crippen LogP contribution in [0.4, 0.5) is 0 Å². The quantitative estimate of drug-likeness (QED) is 0.870. The van der Waals surface area contributed by atoms with Crippen molar-refractivity contribution in [1.29, 1.82) is 0 Å². The van der Waals surface area contributed by atoms with E-state index in [2.05, 4.69) is 4.98 Å². The van der Waals surface area contributed by atoms with Gasteiger partial charge in [0.2, 0.25) is 9.84 Å². The van der Waals surface area contributed by atoms with Crippen LogP contribution in [0.5, 0.6) is 5.75 Å². The highest BCUT2D eigenvalue weighted by molar-refractivity contribution is 7.95. The van der Waals surface area contributed by atoms with E-state index in [1.165, 1.54) is 5.41 Å². The molecule has 20 heavy (non-hydrogen) atoms. The Bertz CT molecular complexity index is 780. The lowest BCUT2D eigenvalue weighted by atomic mass is 10.0. The molecule has 0 N–H and O–H groups in total. The first-order valence-electron chi connectivity index (χ1n) is 6.16. The Hall–Kier alpha value is -2.14. The van der Waals surface area contributed by atoms with Crippen molar-refractivity contribution in [2.24, 2.45) is 0 Å². The maximum atomic E-state index is 12.1. The van der Waals surface area contributed by atoms with Crippen molar-refractivity contribution in [3.8, 4) is 5.75 Å². The van der Waals surface area contributed by atoms with E-state index in [9.17, 15) is 8.42 Å². The second-order valence-corrected chi connectivity index (χ2v) is 6.38. The molecule has 3 rings (SSSR count). The average Bonchev–Trinajstić information content (AvgIpc) is 2.71. The summed E-state index contributed by atoms with van der Waals surface area (Å²) in [6.45, 7) is 2.11. The molecular weight excluding hydrogens is 274 g/mol.